The van der Waals surface area contributed by atoms with E-state index < -0.39 is 0 Å². The highest BCUT2D eigenvalue weighted by Crippen LogP contribution is 2.42. The van der Waals surface area contributed by atoms with Crippen molar-refractivity contribution >= 4 is 5.82 Å². The van der Waals surface area contributed by atoms with E-state index in [-0.39, 0.29) is 12.5 Å². The first kappa shape index (κ1) is 19.7. The standard InChI is InChI=1S/C24H22N4O4/c1-30-22-10-15(5-6-20(22)29)19-9-16(18-3-2-4-21-24(18)32-14-31-21)11-23(28-19)26-8-7-17-12-25-13-27-17/h2-6,9-13,29H,7-8,14H2,1H3,(H,25,27)(H,26,28). The number of pyridine rings is 1. The number of aromatic nitrogens is 3. The van der Waals surface area contributed by atoms with E-state index in [4.69, 9.17) is 19.2 Å². The smallest absolute Gasteiger partial charge is 0.231 e. The van der Waals surface area contributed by atoms with Crippen molar-refractivity contribution in [1.29, 1.82) is 0 Å². The number of aromatic hydroxyl groups is 1. The van der Waals surface area contributed by atoms with Crippen molar-refractivity contribution in [2.75, 3.05) is 25.8 Å². The van der Waals surface area contributed by atoms with Gasteiger partial charge in [0.05, 0.1) is 19.1 Å². The molecule has 0 amide bonds. The van der Waals surface area contributed by atoms with Crippen molar-refractivity contribution in [2.45, 2.75) is 6.42 Å². The number of nitrogens with zero attached hydrogens (tertiary/aromatic N) is 2. The van der Waals surface area contributed by atoms with Crippen LogP contribution in [0.2, 0.25) is 0 Å². The van der Waals surface area contributed by atoms with Gasteiger partial charge in [-0.05, 0) is 42.0 Å². The molecule has 2 aromatic heterocycles. The van der Waals surface area contributed by atoms with Crippen LogP contribution in [0, 0.1) is 0 Å². The van der Waals surface area contributed by atoms with E-state index in [1.807, 2.05) is 42.6 Å². The Morgan fingerprint density at radius 1 is 1.12 bits per heavy atom. The molecule has 3 N–H and O–H groups in total. The van der Waals surface area contributed by atoms with Crippen molar-refractivity contribution in [3.05, 3.63) is 66.7 Å². The van der Waals surface area contributed by atoms with Crippen molar-refractivity contribution in [2.24, 2.45) is 0 Å². The second-order valence-corrected chi connectivity index (χ2v) is 7.31. The minimum absolute atomic E-state index is 0.0803. The minimum atomic E-state index is 0.0803. The molecule has 0 saturated heterocycles. The number of nitrogens with one attached hydrogen (secondary N) is 2. The van der Waals surface area contributed by atoms with Gasteiger partial charge in [0.1, 0.15) is 5.82 Å². The average Bonchev–Trinajstić information content (AvgIpc) is 3.51. The number of para-hydroxylation sites is 1. The molecule has 32 heavy (non-hydrogen) atoms. The fourth-order valence-electron chi connectivity index (χ4n) is 3.67. The van der Waals surface area contributed by atoms with Gasteiger partial charge in [0.2, 0.25) is 6.79 Å². The van der Waals surface area contributed by atoms with Crippen molar-refractivity contribution < 1.29 is 19.3 Å². The third kappa shape index (κ3) is 3.90. The molecule has 0 spiro atoms. The number of fused-ring (bicyclic) bond motifs is 1. The fourth-order valence-corrected chi connectivity index (χ4v) is 3.67. The number of phenolic OH excluding ortho intramolecular Hbond substituents is 1. The van der Waals surface area contributed by atoms with E-state index in [9.17, 15) is 5.11 Å². The first-order valence-corrected chi connectivity index (χ1v) is 10.2. The highest BCUT2D eigenvalue weighted by atomic mass is 16.7. The number of phenols is 1. The summed E-state index contributed by atoms with van der Waals surface area (Å²) in [4.78, 5) is 12.0. The van der Waals surface area contributed by atoms with Gasteiger partial charge in [0.25, 0.3) is 0 Å². The zero-order valence-corrected chi connectivity index (χ0v) is 17.5. The van der Waals surface area contributed by atoms with E-state index in [1.54, 1.807) is 18.5 Å². The van der Waals surface area contributed by atoms with E-state index in [2.05, 4.69) is 15.3 Å². The molecule has 5 rings (SSSR count). The molecule has 3 heterocycles. The highest BCUT2D eigenvalue weighted by Gasteiger charge is 2.20. The number of benzene rings is 2. The van der Waals surface area contributed by atoms with E-state index in [1.165, 1.54) is 7.11 Å². The predicted octanol–water partition coefficient (Wildman–Crippen LogP) is 4.24. The zero-order chi connectivity index (χ0) is 21.9. The molecule has 0 unspecified atom stereocenters. The first-order valence-electron chi connectivity index (χ1n) is 10.2. The summed E-state index contributed by atoms with van der Waals surface area (Å²) in [6, 6.07) is 15.0. The van der Waals surface area contributed by atoms with Crippen LogP contribution >= 0.6 is 0 Å². The Hall–Kier alpha value is -4.20. The van der Waals surface area contributed by atoms with Gasteiger partial charge in [-0.3, -0.25) is 0 Å². The second-order valence-electron chi connectivity index (χ2n) is 7.31. The maximum atomic E-state index is 9.99. The Bertz CT molecular complexity index is 1240. The van der Waals surface area contributed by atoms with E-state index >= 15 is 0 Å². The third-order valence-corrected chi connectivity index (χ3v) is 5.26. The first-order chi connectivity index (χ1) is 15.7. The number of ether oxygens (including phenoxy) is 3. The molecular formula is C24H22N4O4. The van der Waals surface area contributed by atoms with Gasteiger partial charge in [-0.25, -0.2) is 9.97 Å². The van der Waals surface area contributed by atoms with Crippen LogP contribution in [0.15, 0.2) is 61.1 Å². The van der Waals surface area contributed by atoms with Crippen LogP contribution in [0.3, 0.4) is 0 Å². The van der Waals surface area contributed by atoms with Crippen LogP contribution in [0.4, 0.5) is 5.82 Å². The predicted molar refractivity (Wildman–Crippen MR) is 120 cm³/mol. The van der Waals surface area contributed by atoms with Crippen LogP contribution in [-0.2, 0) is 6.42 Å². The summed E-state index contributed by atoms with van der Waals surface area (Å²) in [5.74, 6) is 2.63. The van der Waals surface area contributed by atoms with Gasteiger partial charge < -0.3 is 29.6 Å². The van der Waals surface area contributed by atoms with Crippen LogP contribution in [0.1, 0.15) is 5.69 Å². The number of imidazole rings is 1. The van der Waals surface area contributed by atoms with Gasteiger partial charge in [0.15, 0.2) is 23.0 Å². The lowest BCUT2D eigenvalue weighted by Gasteiger charge is -2.13. The summed E-state index contributed by atoms with van der Waals surface area (Å²) in [7, 11) is 1.52. The van der Waals surface area contributed by atoms with Gasteiger partial charge >= 0.3 is 0 Å². The molecule has 4 aromatic rings. The number of hydrogen-bond donors (Lipinski definition) is 3. The van der Waals surface area contributed by atoms with Crippen molar-refractivity contribution in [3.63, 3.8) is 0 Å². The molecule has 0 aliphatic carbocycles. The lowest BCUT2D eigenvalue weighted by atomic mass is 10.0. The number of aromatic amines is 1. The van der Waals surface area contributed by atoms with Gasteiger partial charge in [-0.2, -0.15) is 0 Å². The quantitative estimate of drug-likeness (QED) is 0.403. The maximum Gasteiger partial charge on any atom is 0.231 e. The van der Waals surface area contributed by atoms with Crippen LogP contribution in [0.5, 0.6) is 23.0 Å². The SMILES string of the molecule is COc1cc(-c2cc(-c3cccc4c3OCO4)cc(NCCc3cnc[nH]3)n2)ccc1O. The van der Waals surface area contributed by atoms with E-state index in [0.717, 1.165) is 51.8 Å². The molecule has 8 heteroatoms. The monoisotopic (exact) mass is 430 g/mol. The fraction of sp³-hybridized carbons (Fsp3) is 0.167. The number of rotatable bonds is 7. The number of hydrogen-bond acceptors (Lipinski definition) is 7. The van der Waals surface area contributed by atoms with Crippen molar-refractivity contribution in [3.8, 4) is 45.4 Å². The number of H-pyrrole nitrogens is 1. The zero-order valence-electron chi connectivity index (χ0n) is 17.5. The molecule has 0 atom stereocenters. The molecule has 162 valence electrons. The minimum Gasteiger partial charge on any atom is -0.504 e. The molecule has 0 fully saturated rings. The molecule has 0 saturated carbocycles. The topological polar surface area (TPSA) is 102 Å². The van der Waals surface area contributed by atoms with E-state index in [0.29, 0.717) is 12.3 Å². The molecule has 8 nitrogen and oxygen atoms in total. The summed E-state index contributed by atoms with van der Waals surface area (Å²) in [5, 5.41) is 13.4. The summed E-state index contributed by atoms with van der Waals surface area (Å²) in [6.07, 6.45) is 4.26. The Morgan fingerprint density at radius 2 is 2.06 bits per heavy atom. The van der Waals surface area contributed by atoms with Gasteiger partial charge in [-0.1, -0.05) is 12.1 Å². The molecular weight excluding hydrogens is 408 g/mol. The number of anilines is 1. The molecule has 2 aromatic carbocycles. The number of methoxy groups -OCH3 is 1. The third-order valence-electron chi connectivity index (χ3n) is 5.26. The lowest BCUT2D eigenvalue weighted by Crippen LogP contribution is -2.07. The highest BCUT2D eigenvalue weighted by molar-refractivity contribution is 5.80. The molecule has 1 aliphatic heterocycles. The summed E-state index contributed by atoms with van der Waals surface area (Å²) in [5.41, 5.74) is 4.47. The van der Waals surface area contributed by atoms with Gasteiger partial charge in [-0.15, -0.1) is 0 Å². The Balaban J connectivity index is 1.54. The Morgan fingerprint density at radius 3 is 2.91 bits per heavy atom. The van der Waals surface area contributed by atoms with Crippen LogP contribution < -0.4 is 19.5 Å². The molecule has 0 bridgehead atoms. The molecule has 1 aliphatic rings. The van der Waals surface area contributed by atoms with Crippen LogP contribution in [0.25, 0.3) is 22.4 Å². The summed E-state index contributed by atoms with van der Waals surface area (Å²) >= 11 is 0. The summed E-state index contributed by atoms with van der Waals surface area (Å²) in [6.45, 7) is 0.887. The normalized spacial score (nSPS) is 12.0. The van der Waals surface area contributed by atoms with Gasteiger partial charge in [0, 0.05) is 36.0 Å². The second kappa shape index (κ2) is 8.50. The lowest BCUT2D eigenvalue weighted by molar-refractivity contribution is 0.174. The van der Waals surface area contributed by atoms with Crippen molar-refractivity contribution in [1.82, 2.24) is 15.0 Å². The maximum absolute atomic E-state index is 9.99. The average molecular weight is 430 g/mol. The van der Waals surface area contributed by atoms with Crippen LogP contribution in [-0.4, -0.2) is 40.5 Å². The summed E-state index contributed by atoms with van der Waals surface area (Å²) < 4.78 is 16.6. The molecule has 0 radical (unpaired) electrons. The Kier molecular flexibility index (Phi) is 5.25. The Labute approximate surface area is 184 Å². The largest absolute Gasteiger partial charge is 0.504 e.